The number of benzene rings is 1. The molecular weight excluding hydrogens is 303 g/mol. The summed E-state index contributed by atoms with van der Waals surface area (Å²) in [5, 5.41) is 2.59. The van der Waals surface area contributed by atoms with E-state index in [2.05, 4.69) is 26.2 Å². The second kappa shape index (κ2) is 4.89. The molecule has 1 amide bonds. The maximum Gasteiger partial charge on any atom is 0.293 e. The van der Waals surface area contributed by atoms with Crippen LogP contribution in [0.25, 0.3) is 0 Å². The summed E-state index contributed by atoms with van der Waals surface area (Å²) in [4.78, 5) is 15.7. The maximum atomic E-state index is 13.4. The molecule has 6 heteroatoms. The highest BCUT2D eigenvalue weighted by Gasteiger charge is 2.15. The molecule has 2 aromatic rings. The molecule has 0 spiro atoms. The van der Waals surface area contributed by atoms with Crippen molar-refractivity contribution in [1.82, 2.24) is 4.98 Å². The van der Waals surface area contributed by atoms with E-state index in [0.29, 0.717) is 15.9 Å². The van der Waals surface area contributed by atoms with Gasteiger partial charge in [-0.1, -0.05) is 0 Å². The van der Waals surface area contributed by atoms with Crippen LogP contribution >= 0.6 is 15.9 Å². The first-order chi connectivity index (χ1) is 8.49. The SMILES string of the molecule is Cc1cc(Br)c(F)cc1NC(=O)c1ocnc1C. The number of hydrogen-bond donors (Lipinski definition) is 1. The number of carbonyl (C=O) groups is 1. The summed E-state index contributed by atoms with van der Waals surface area (Å²) in [5.41, 5.74) is 1.63. The molecule has 0 saturated carbocycles. The van der Waals surface area contributed by atoms with Gasteiger partial charge in [0.15, 0.2) is 6.39 Å². The molecular formula is C12H10BrFN2O2. The van der Waals surface area contributed by atoms with E-state index in [4.69, 9.17) is 4.42 Å². The first kappa shape index (κ1) is 12.8. The molecule has 0 bridgehead atoms. The van der Waals surface area contributed by atoms with E-state index in [1.165, 1.54) is 12.5 Å². The maximum absolute atomic E-state index is 13.4. The number of oxazole rings is 1. The zero-order valence-corrected chi connectivity index (χ0v) is 11.3. The lowest BCUT2D eigenvalue weighted by Gasteiger charge is -2.08. The topological polar surface area (TPSA) is 55.1 Å². The predicted molar refractivity (Wildman–Crippen MR) is 68.0 cm³/mol. The van der Waals surface area contributed by atoms with Crippen molar-refractivity contribution in [2.75, 3.05) is 5.32 Å². The van der Waals surface area contributed by atoms with Gasteiger partial charge >= 0.3 is 0 Å². The molecule has 1 heterocycles. The Morgan fingerprint density at radius 2 is 2.17 bits per heavy atom. The third kappa shape index (κ3) is 2.43. The Balaban J connectivity index is 2.28. The van der Waals surface area contributed by atoms with E-state index in [9.17, 15) is 9.18 Å². The number of anilines is 1. The Bertz CT molecular complexity index is 610. The average Bonchev–Trinajstić information content (AvgIpc) is 2.72. The zero-order chi connectivity index (χ0) is 13.3. The summed E-state index contributed by atoms with van der Waals surface area (Å²) < 4.78 is 18.7. The molecule has 0 saturated heterocycles. The number of carbonyl (C=O) groups excluding carboxylic acids is 1. The highest BCUT2D eigenvalue weighted by molar-refractivity contribution is 9.10. The van der Waals surface area contributed by atoms with Gasteiger partial charge in [-0.2, -0.15) is 0 Å². The molecule has 0 unspecified atom stereocenters. The van der Waals surface area contributed by atoms with Gasteiger partial charge < -0.3 is 9.73 Å². The van der Waals surface area contributed by atoms with Crippen LogP contribution in [-0.4, -0.2) is 10.9 Å². The van der Waals surface area contributed by atoms with Gasteiger partial charge in [-0.3, -0.25) is 4.79 Å². The van der Waals surface area contributed by atoms with Crippen LogP contribution in [0.4, 0.5) is 10.1 Å². The van der Waals surface area contributed by atoms with E-state index >= 15 is 0 Å². The quantitative estimate of drug-likeness (QED) is 0.924. The lowest BCUT2D eigenvalue weighted by molar-refractivity contribution is 0.0996. The minimum Gasteiger partial charge on any atom is -0.438 e. The third-order valence-corrected chi connectivity index (χ3v) is 3.07. The van der Waals surface area contributed by atoms with E-state index < -0.39 is 11.7 Å². The summed E-state index contributed by atoms with van der Waals surface area (Å²) >= 11 is 3.08. The number of hydrogen-bond acceptors (Lipinski definition) is 3. The minimum atomic E-state index is -0.449. The lowest BCUT2D eigenvalue weighted by Crippen LogP contribution is -2.13. The molecule has 4 nitrogen and oxygen atoms in total. The Hall–Kier alpha value is -1.69. The molecule has 0 radical (unpaired) electrons. The monoisotopic (exact) mass is 312 g/mol. The highest BCUT2D eigenvalue weighted by atomic mass is 79.9. The van der Waals surface area contributed by atoms with Gasteiger partial charge in [0.2, 0.25) is 5.76 Å². The van der Waals surface area contributed by atoms with Crippen LogP contribution in [0.3, 0.4) is 0 Å². The molecule has 2 rings (SSSR count). The summed E-state index contributed by atoms with van der Waals surface area (Å²) in [5.74, 6) is -0.766. The van der Waals surface area contributed by atoms with Crippen LogP contribution in [0.15, 0.2) is 27.4 Å². The molecule has 1 N–H and O–H groups in total. The van der Waals surface area contributed by atoms with Gasteiger partial charge in [0.25, 0.3) is 5.91 Å². The molecule has 94 valence electrons. The Labute approximate surface area is 111 Å². The smallest absolute Gasteiger partial charge is 0.293 e. The number of aryl methyl sites for hydroxylation is 2. The van der Waals surface area contributed by atoms with E-state index in [-0.39, 0.29) is 5.76 Å². The number of halogens is 2. The first-order valence-corrected chi connectivity index (χ1v) is 5.95. The fourth-order valence-electron chi connectivity index (χ4n) is 1.48. The molecule has 0 aliphatic heterocycles. The molecule has 0 fully saturated rings. The van der Waals surface area contributed by atoms with Crippen molar-refractivity contribution in [2.45, 2.75) is 13.8 Å². The van der Waals surface area contributed by atoms with Crippen molar-refractivity contribution in [3.8, 4) is 0 Å². The lowest BCUT2D eigenvalue weighted by atomic mass is 10.2. The summed E-state index contributed by atoms with van der Waals surface area (Å²) in [6, 6.07) is 2.85. The Morgan fingerprint density at radius 3 is 2.78 bits per heavy atom. The summed E-state index contributed by atoms with van der Waals surface area (Å²) in [6.07, 6.45) is 1.19. The number of rotatable bonds is 2. The van der Waals surface area contributed by atoms with Crippen molar-refractivity contribution in [2.24, 2.45) is 0 Å². The van der Waals surface area contributed by atoms with Gasteiger partial charge in [0, 0.05) is 5.69 Å². The standard InChI is InChI=1S/C12H10BrFN2O2/c1-6-3-8(13)9(14)4-10(6)16-12(17)11-7(2)15-5-18-11/h3-5H,1-2H3,(H,16,17). The third-order valence-electron chi connectivity index (χ3n) is 2.47. The normalized spacial score (nSPS) is 10.4. The molecule has 1 aromatic heterocycles. The fourth-order valence-corrected chi connectivity index (χ4v) is 1.94. The predicted octanol–water partition coefficient (Wildman–Crippen LogP) is 3.45. The molecule has 0 aliphatic rings. The van der Waals surface area contributed by atoms with Crippen molar-refractivity contribution in [3.63, 3.8) is 0 Å². The van der Waals surface area contributed by atoms with Crippen LogP contribution in [0.1, 0.15) is 21.8 Å². The fraction of sp³-hybridized carbons (Fsp3) is 0.167. The summed E-state index contributed by atoms with van der Waals surface area (Å²) in [7, 11) is 0. The number of nitrogens with zero attached hydrogens (tertiary/aromatic N) is 1. The van der Waals surface area contributed by atoms with E-state index in [1.807, 2.05) is 0 Å². The van der Waals surface area contributed by atoms with Crippen molar-refractivity contribution in [1.29, 1.82) is 0 Å². The van der Waals surface area contributed by atoms with Gasteiger partial charge in [-0.05, 0) is 47.5 Å². The molecule has 1 aromatic carbocycles. The second-order valence-electron chi connectivity index (χ2n) is 3.80. The Kier molecular flexibility index (Phi) is 3.47. The Morgan fingerprint density at radius 1 is 1.44 bits per heavy atom. The largest absolute Gasteiger partial charge is 0.438 e. The number of nitrogens with one attached hydrogen (secondary N) is 1. The van der Waals surface area contributed by atoms with Gasteiger partial charge in [0.05, 0.1) is 10.2 Å². The van der Waals surface area contributed by atoms with Crippen molar-refractivity contribution >= 4 is 27.5 Å². The van der Waals surface area contributed by atoms with Crippen LogP contribution < -0.4 is 5.32 Å². The minimum absolute atomic E-state index is 0.123. The summed E-state index contributed by atoms with van der Waals surface area (Å²) in [6.45, 7) is 3.43. The average molecular weight is 313 g/mol. The van der Waals surface area contributed by atoms with Gasteiger partial charge in [-0.25, -0.2) is 9.37 Å². The van der Waals surface area contributed by atoms with E-state index in [0.717, 1.165) is 5.56 Å². The molecule has 18 heavy (non-hydrogen) atoms. The van der Waals surface area contributed by atoms with Crippen LogP contribution in [-0.2, 0) is 0 Å². The van der Waals surface area contributed by atoms with Crippen LogP contribution in [0.5, 0.6) is 0 Å². The zero-order valence-electron chi connectivity index (χ0n) is 9.75. The number of aromatic nitrogens is 1. The second-order valence-corrected chi connectivity index (χ2v) is 4.66. The molecule has 0 atom stereocenters. The highest BCUT2D eigenvalue weighted by Crippen LogP contribution is 2.24. The van der Waals surface area contributed by atoms with Crippen LogP contribution in [0.2, 0.25) is 0 Å². The van der Waals surface area contributed by atoms with Crippen LogP contribution in [0, 0.1) is 19.7 Å². The van der Waals surface area contributed by atoms with Crippen molar-refractivity contribution in [3.05, 3.63) is 45.8 Å². The van der Waals surface area contributed by atoms with E-state index in [1.54, 1.807) is 19.9 Å². The first-order valence-electron chi connectivity index (χ1n) is 5.16. The van der Waals surface area contributed by atoms with Crippen molar-refractivity contribution < 1.29 is 13.6 Å². The van der Waals surface area contributed by atoms with Gasteiger partial charge in [-0.15, -0.1) is 0 Å². The van der Waals surface area contributed by atoms with Gasteiger partial charge in [0.1, 0.15) is 5.82 Å². The molecule has 0 aliphatic carbocycles. The number of amides is 1.